The zero-order chi connectivity index (χ0) is 13.8. The number of hydrogen-bond acceptors (Lipinski definition) is 1. The van der Waals surface area contributed by atoms with E-state index in [2.05, 4.69) is 63.2 Å². The second kappa shape index (κ2) is 6.03. The second-order valence-electron chi connectivity index (χ2n) is 5.49. The molecule has 0 amide bonds. The lowest BCUT2D eigenvalue weighted by atomic mass is 9.95. The van der Waals surface area contributed by atoms with Gasteiger partial charge in [0.15, 0.2) is 0 Å². The van der Waals surface area contributed by atoms with E-state index in [1.165, 1.54) is 27.8 Å². The molecule has 0 aliphatic rings. The van der Waals surface area contributed by atoms with Gasteiger partial charge in [-0.05, 0) is 55.0 Å². The molecule has 1 atom stereocenters. The molecular formula is C18H23N. The van der Waals surface area contributed by atoms with E-state index in [9.17, 15) is 0 Å². The van der Waals surface area contributed by atoms with E-state index >= 15 is 0 Å². The van der Waals surface area contributed by atoms with Crippen LogP contribution in [0.25, 0.3) is 0 Å². The molecule has 19 heavy (non-hydrogen) atoms. The van der Waals surface area contributed by atoms with Crippen LogP contribution in [0, 0.1) is 13.8 Å². The molecule has 1 heteroatoms. The summed E-state index contributed by atoms with van der Waals surface area (Å²) in [5, 5.41) is 0. The lowest BCUT2D eigenvalue weighted by Crippen LogP contribution is -2.08. The molecule has 100 valence electrons. The summed E-state index contributed by atoms with van der Waals surface area (Å²) >= 11 is 0. The fourth-order valence-corrected chi connectivity index (χ4v) is 2.31. The molecule has 1 nitrogen and oxygen atoms in total. The molecule has 0 fully saturated rings. The van der Waals surface area contributed by atoms with E-state index in [-0.39, 0.29) is 0 Å². The van der Waals surface area contributed by atoms with Crippen LogP contribution in [0.15, 0.2) is 42.5 Å². The average molecular weight is 253 g/mol. The van der Waals surface area contributed by atoms with Gasteiger partial charge < -0.3 is 5.73 Å². The second-order valence-corrected chi connectivity index (χ2v) is 5.49. The van der Waals surface area contributed by atoms with Gasteiger partial charge >= 0.3 is 0 Å². The highest BCUT2D eigenvalue weighted by molar-refractivity contribution is 5.36. The highest BCUT2D eigenvalue weighted by atomic mass is 14.5. The molecule has 0 spiro atoms. The summed E-state index contributed by atoms with van der Waals surface area (Å²) in [7, 11) is 0. The molecule has 0 aliphatic carbocycles. The van der Waals surface area contributed by atoms with Crippen LogP contribution in [-0.4, -0.2) is 6.54 Å². The molecule has 0 radical (unpaired) electrons. The number of aryl methyl sites for hydroxylation is 2. The van der Waals surface area contributed by atoms with Gasteiger partial charge in [-0.3, -0.25) is 0 Å². The minimum Gasteiger partial charge on any atom is -0.330 e. The number of hydrogen-bond donors (Lipinski definition) is 1. The van der Waals surface area contributed by atoms with Crippen LogP contribution in [0.3, 0.4) is 0 Å². The van der Waals surface area contributed by atoms with Crippen molar-refractivity contribution in [3.05, 3.63) is 70.3 Å². The van der Waals surface area contributed by atoms with Crippen LogP contribution in [0.4, 0.5) is 0 Å². The SMILES string of the molecule is Cc1ccc(C)c(Cc2ccc(C(C)CN)cc2)c1. The summed E-state index contributed by atoms with van der Waals surface area (Å²) in [5.74, 6) is 0.440. The Hall–Kier alpha value is -1.60. The molecular weight excluding hydrogens is 230 g/mol. The lowest BCUT2D eigenvalue weighted by Gasteiger charge is -2.11. The van der Waals surface area contributed by atoms with Crippen molar-refractivity contribution >= 4 is 0 Å². The van der Waals surface area contributed by atoms with E-state index in [0.29, 0.717) is 12.5 Å². The van der Waals surface area contributed by atoms with Crippen LogP contribution >= 0.6 is 0 Å². The third-order valence-electron chi connectivity index (χ3n) is 3.80. The smallest absolute Gasteiger partial charge is 0.00109 e. The monoisotopic (exact) mass is 253 g/mol. The molecule has 2 rings (SSSR count). The van der Waals surface area contributed by atoms with E-state index in [0.717, 1.165) is 6.42 Å². The summed E-state index contributed by atoms with van der Waals surface area (Å²) < 4.78 is 0. The van der Waals surface area contributed by atoms with E-state index in [1.807, 2.05) is 0 Å². The largest absolute Gasteiger partial charge is 0.330 e. The predicted octanol–water partition coefficient (Wildman–Crippen LogP) is 3.96. The fraction of sp³-hybridized carbons (Fsp3) is 0.333. The first-order chi connectivity index (χ1) is 9.10. The third kappa shape index (κ3) is 3.45. The Morgan fingerprint density at radius 1 is 1.00 bits per heavy atom. The first-order valence-corrected chi connectivity index (χ1v) is 6.95. The van der Waals surface area contributed by atoms with Crippen molar-refractivity contribution in [2.45, 2.75) is 33.1 Å². The summed E-state index contributed by atoms with van der Waals surface area (Å²) in [5.41, 5.74) is 12.5. The standard InChI is InChI=1S/C18H23N/c1-13-4-5-14(2)18(10-13)11-16-6-8-17(9-7-16)15(3)12-19/h4-10,15H,11-12,19H2,1-3H3. The van der Waals surface area contributed by atoms with Gasteiger partial charge in [0.05, 0.1) is 0 Å². The molecule has 2 aromatic rings. The van der Waals surface area contributed by atoms with E-state index < -0.39 is 0 Å². The molecule has 0 aliphatic heterocycles. The third-order valence-corrected chi connectivity index (χ3v) is 3.80. The minimum absolute atomic E-state index is 0.440. The van der Waals surface area contributed by atoms with Gasteiger partial charge in [0, 0.05) is 0 Å². The Balaban J connectivity index is 2.17. The summed E-state index contributed by atoms with van der Waals surface area (Å²) in [6.07, 6.45) is 1.00. The molecule has 1 unspecified atom stereocenters. The van der Waals surface area contributed by atoms with Gasteiger partial charge in [0.1, 0.15) is 0 Å². The number of nitrogens with two attached hydrogens (primary N) is 1. The Morgan fingerprint density at radius 2 is 1.68 bits per heavy atom. The molecule has 2 aromatic carbocycles. The number of benzene rings is 2. The Bertz CT molecular complexity index is 540. The summed E-state index contributed by atoms with van der Waals surface area (Å²) in [4.78, 5) is 0. The maximum atomic E-state index is 5.70. The molecule has 0 aromatic heterocycles. The van der Waals surface area contributed by atoms with Gasteiger partial charge in [0.2, 0.25) is 0 Å². The van der Waals surface area contributed by atoms with Crippen molar-refractivity contribution in [3.63, 3.8) is 0 Å². The van der Waals surface area contributed by atoms with Crippen LogP contribution in [0.2, 0.25) is 0 Å². The van der Waals surface area contributed by atoms with E-state index in [4.69, 9.17) is 5.73 Å². The first kappa shape index (κ1) is 13.8. The van der Waals surface area contributed by atoms with Crippen LogP contribution < -0.4 is 5.73 Å². The van der Waals surface area contributed by atoms with Crippen molar-refractivity contribution in [3.8, 4) is 0 Å². The first-order valence-electron chi connectivity index (χ1n) is 6.95. The predicted molar refractivity (Wildman–Crippen MR) is 82.6 cm³/mol. The zero-order valence-electron chi connectivity index (χ0n) is 12.1. The average Bonchev–Trinajstić information content (AvgIpc) is 2.43. The van der Waals surface area contributed by atoms with Crippen molar-refractivity contribution in [1.82, 2.24) is 0 Å². The van der Waals surface area contributed by atoms with Crippen molar-refractivity contribution < 1.29 is 0 Å². The van der Waals surface area contributed by atoms with Gasteiger partial charge in [0.25, 0.3) is 0 Å². The topological polar surface area (TPSA) is 26.0 Å². The van der Waals surface area contributed by atoms with E-state index in [1.54, 1.807) is 0 Å². The fourth-order valence-electron chi connectivity index (χ4n) is 2.31. The van der Waals surface area contributed by atoms with Gasteiger partial charge in [-0.2, -0.15) is 0 Å². The zero-order valence-corrected chi connectivity index (χ0v) is 12.1. The Kier molecular flexibility index (Phi) is 4.39. The maximum Gasteiger partial charge on any atom is -0.00109 e. The summed E-state index contributed by atoms with van der Waals surface area (Å²) in [6, 6.07) is 15.5. The van der Waals surface area contributed by atoms with Gasteiger partial charge in [-0.15, -0.1) is 0 Å². The molecule has 0 bridgehead atoms. The molecule has 0 saturated carbocycles. The highest BCUT2D eigenvalue weighted by Crippen LogP contribution is 2.19. The van der Waals surface area contributed by atoms with Gasteiger partial charge in [-0.1, -0.05) is 55.0 Å². The van der Waals surface area contributed by atoms with Crippen LogP contribution in [-0.2, 0) is 6.42 Å². The Morgan fingerprint density at radius 3 is 2.32 bits per heavy atom. The molecule has 2 N–H and O–H groups in total. The normalized spacial score (nSPS) is 12.4. The Labute approximate surface area is 116 Å². The maximum absolute atomic E-state index is 5.70. The van der Waals surface area contributed by atoms with Crippen molar-refractivity contribution in [2.75, 3.05) is 6.54 Å². The van der Waals surface area contributed by atoms with Crippen LogP contribution in [0.5, 0.6) is 0 Å². The van der Waals surface area contributed by atoms with Gasteiger partial charge in [-0.25, -0.2) is 0 Å². The van der Waals surface area contributed by atoms with Crippen LogP contribution in [0.1, 0.15) is 40.7 Å². The highest BCUT2D eigenvalue weighted by Gasteiger charge is 2.04. The number of rotatable bonds is 4. The minimum atomic E-state index is 0.440. The summed E-state index contributed by atoms with van der Waals surface area (Å²) in [6.45, 7) is 7.20. The van der Waals surface area contributed by atoms with Crippen molar-refractivity contribution in [2.24, 2.45) is 5.73 Å². The molecule has 0 saturated heterocycles. The van der Waals surface area contributed by atoms with Crippen molar-refractivity contribution in [1.29, 1.82) is 0 Å². The molecule has 0 heterocycles. The quantitative estimate of drug-likeness (QED) is 0.877. The lowest BCUT2D eigenvalue weighted by molar-refractivity contribution is 0.773.